The van der Waals surface area contributed by atoms with Crippen LogP contribution in [0, 0.1) is 0 Å². The van der Waals surface area contributed by atoms with Crippen LogP contribution in [0.15, 0.2) is 0 Å². The van der Waals surface area contributed by atoms with Crippen molar-refractivity contribution in [3.05, 3.63) is 0 Å². The van der Waals surface area contributed by atoms with Gasteiger partial charge < -0.3 is 0 Å². The zero-order valence-electron chi connectivity index (χ0n) is 21.0. The average Bonchev–Trinajstić information content (AvgIpc) is 2.62. The number of phosphoric acid groups is 1. The summed E-state index contributed by atoms with van der Waals surface area (Å²) in [6.07, 6.45) is 22.8. The summed E-state index contributed by atoms with van der Waals surface area (Å²) in [7, 11) is -3.94. The fourth-order valence-electron chi connectivity index (χ4n) is 4.04. The molecule has 0 aromatic heterocycles. The molecule has 6 heteroatoms. The minimum absolute atomic E-state index is 0.310. The van der Waals surface area contributed by atoms with Gasteiger partial charge >= 0.3 is 130 Å². The van der Waals surface area contributed by atoms with Gasteiger partial charge in [0.2, 0.25) is 0 Å². The van der Waals surface area contributed by atoms with E-state index in [4.69, 9.17) is 8.83 Å². The monoisotopic (exact) mass is 468 g/mol. The molecule has 1 atom stereocenters. The second-order valence-corrected chi connectivity index (χ2v) is 18.6. The van der Waals surface area contributed by atoms with E-state index in [1.54, 1.807) is 0 Å². The maximum absolute atomic E-state index is 12.2. The first kappa shape index (κ1) is 30.5. The second kappa shape index (κ2) is 17.1. The van der Waals surface area contributed by atoms with Crippen LogP contribution >= 0.6 is 14.7 Å². The van der Waals surface area contributed by atoms with Crippen LogP contribution in [-0.4, -0.2) is 37.7 Å². The summed E-state index contributed by atoms with van der Waals surface area (Å²) in [5.41, 5.74) is 0. The van der Waals surface area contributed by atoms with E-state index in [1.165, 1.54) is 89.9 Å². The van der Waals surface area contributed by atoms with Crippen molar-refractivity contribution in [3.8, 4) is 0 Å². The molecule has 0 aromatic carbocycles. The van der Waals surface area contributed by atoms with E-state index < -0.39 is 14.7 Å². The average molecular weight is 469 g/mol. The van der Waals surface area contributed by atoms with E-state index in [0.717, 1.165) is 25.4 Å². The van der Waals surface area contributed by atoms with E-state index in [2.05, 4.69) is 13.8 Å². The molecule has 4 nitrogen and oxygen atoms in total. The quantitative estimate of drug-likeness (QED) is 0.127. The van der Waals surface area contributed by atoms with Gasteiger partial charge in [-0.05, 0) is 0 Å². The molecule has 0 spiro atoms. The Labute approximate surface area is 188 Å². The fourth-order valence-corrected chi connectivity index (χ4v) is 9.50. The summed E-state index contributed by atoms with van der Waals surface area (Å²) in [5, 5.41) is 0. The molecule has 0 saturated heterocycles. The van der Waals surface area contributed by atoms with Gasteiger partial charge in [0, 0.05) is 0 Å². The van der Waals surface area contributed by atoms with Crippen LogP contribution < -0.4 is 0 Å². The number of rotatable bonds is 22. The molecular formula is C24H54O4P2. The molecule has 184 valence electrons. The summed E-state index contributed by atoms with van der Waals surface area (Å²) in [6, 6.07) is 0. The Morgan fingerprint density at radius 2 is 1.00 bits per heavy atom. The standard InChI is InChI=1S/C24H54O4P2/c1-6-8-9-10-11-12-13-14-15-16-17-18-19-20-21-22-23-27-29(25,26)28-30(3,4,5)24-7-2/h6-24H2,1-5H3,(H,25,26). The van der Waals surface area contributed by atoms with Crippen molar-refractivity contribution < 1.29 is 18.3 Å². The number of hydrogen-bond donors (Lipinski definition) is 1. The second-order valence-electron chi connectivity index (χ2n) is 10.4. The van der Waals surface area contributed by atoms with Gasteiger partial charge in [0.1, 0.15) is 0 Å². The molecule has 0 radical (unpaired) electrons. The molecule has 0 amide bonds. The Hall–Kier alpha value is 0.540. The van der Waals surface area contributed by atoms with Crippen LogP contribution in [0.25, 0.3) is 0 Å². The normalized spacial score (nSPS) is 15.6. The van der Waals surface area contributed by atoms with Crippen molar-refractivity contribution in [3.63, 3.8) is 0 Å². The van der Waals surface area contributed by atoms with E-state index >= 15 is 0 Å². The maximum atomic E-state index is 12.2. The minimum atomic E-state index is -3.94. The van der Waals surface area contributed by atoms with E-state index in [9.17, 15) is 9.46 Å². The Balaban J connectivity index is 3.47. The summed E-state index contributed by atoms with van der Waals surface area (Å²) in [5.74, 6) is 0. The van der Waals surface area contributed by atoms with E-state index in [1.807, 2.05) is 20.0 Å². The van der Waals surface area contributed by atoms with Crippen molar-refractivity contribution in [2.24, 2.45) is 0 Å². The van der Waals surface area contributed by atoms with Crippen LogP contribution in [0.5, 0.6) is 0 Å². The molecular weight excluding hydrogens is 414 g/mol. The fraction of sp³-hybridized carbons (Fsp3) is 1.00. The molecule has 0 rings (SSSR count). The van der Waals surface area contributed by atoms with Crippen LogP contribution in [0.3, 0.4) is 0 Å². The van der Waals surface area contributed by atoms with Gasteiger partial charge in [-0.2, -0.15) is 0 Å². The molecule has 0 saturated carbocycles. The first-order valence-electron chi connectivity index (χ1n) is 12.8. The third kappa shape index (κ3) is 20.4. The molecule has 0 aliphatic heterocycles. The number of phosphoric ester groups is 1. The molecule has 0 bridgehead atoms. The zero-order valence-corrected chi connectivity index (χ0v) is 22.8. The van der Waals surface area contributed by atoms with Crippen LogP contribution in [0.2, 0.25) is 0 Å². The van der Waals surface area contributed by atoms with E-state index in [-0.39, 0.29) is 0 Å². The van der Waals surface area contributed by atoms with Gasteiger partial charge in [-0.3, -0.25) is 0 Å². The van der Waals surface area contributed by atoms with Crippen LogP contribution in [0.4, 0.5) is 0 Å². The molecule has 0 aliphatic rings. The van der Waals surface area contributed by atoms with Crippen molar-refractivity contribution in [2.75, 3.05) is 32.8 Å². The van der Waals surface area contributed by atoms with Crippen LogP contribution in [0.1, 0.15) is 123 Å². The molecule has 1 N–H and O–H groups in total. The molecule has 1 unspecified atom stereocenters. The van der Waals surface area contributed by atoms with E-state index in [0.29, 0.717) is 6.61 Å². The Kier molecular flexibility index (Phi) is 17.4. The first-order chi connectivity index (χ1) is 14.1. The van der Waals surface area contributed by atoms with Gasteiger partial charge in [-0.15, -0.1) is 0 Å². The third-order valence-corrected chi connectivity index (χ3v) is 11.4. The van der Waals surface area contributed by atoms with Crippen molar-refractivity contribution in [2.45, 2.75) is 123 Å². The Morgan fingerprint density at radius 1 is 0.633 bits per heavy atom. The molecule has 0 aliphatic carbocycles. The zero-order chi connectivity index (χ0) is 22.8. The van der Waals surface area contributed by atoms with Gasteiger partial charge in [-0.1, -0.05) is 58.3 Å². The summed E-state index contributed by atoms with van der Waals surface area (Å²) >= 11 is 0. The topological polar surface area (TPSA) is 55.8 Å². The third-order valence-electron chi connectivity index (χ3n) is 5.64. The van der Waals surface area contributed by atoms with Gasteiger partial charge in [0.05, 0.1) is 0 Å². The van der Waals surface area contributed by atoms with Crippen molar-refractivity contribution in [1.82, 2.24) is 0 Å². The number of unbranched alkanes of at least 4 members (excludes halogenated alkanes) is 15. The molecule has 0 fully saturated rings. The van der Waals surface area contributed by atoms with Gasteiger partial charge in [-0.25, -0.2) is 0 Å². The number of hydrogen-bond acceptors (Lipinski definition) is 3. The molecule has 0 heterocycles. The molecule has 30 heavy (non-hydrogen) atoms. The predicted octanol–water partition coefficient (Wildman–Crippen LogP) is 9.15. The first-order valence-corrected chi connectivity index (χ1v) is 18.0. The van der Waals surface area contributed by atoms with Gasteiger partial charge in [0.25, 0.3) is 0 Å². The SMILES string of the molecule is CCCCCCCCCCCCCCCCCCOP(=O)(O)OP(C)(C)(C)CCC. The summed E-state index contributed by atoms with van der Waals surface area (Å²) < 4.78 is 23.0. The Morgan fingerprint density at radius 3 is 1.37 bits per heavy atom. The van der Waals surface area contributed by atoms with Crippen molar-refractivity contribution in [1.29, 1.82) is 0 Å². The van der Waals surface area contributed by atoms with Gasteiger partial charge in [0.15, 0.2) is 0 Å². The molecule has 0 aromatic rings. The van der Waals surface area contributed by atoms with Crippen LogP contribution in [-0.2, 0) is 13.4 Å². The Bertz CT molecular complexity index is 446. The predicted molar refractivity (Wildman–Crippen MR) is 136 cm³/mol. The summed E-state index contributed by atoms with van der Waals surface area (Å²) in [6.45, 7) is 8.04. The summed E-state index contributed by atoms with van der Waals surface area (Å²) in [4.78, 5) is 10.0. The van der Waals surface area contributed by atoms with Crippen molar-refractivity contribution >= 4 is 14.7 Å².